The van der Waals surface area contributed by atoms with Gasteiger partial charge >= 0.3 is 0 Å². The highest BCUT2D eigenvalue weighted by Crippen LogP contribution is 2.41. The van der Waals surface area contributed by atoms with Crippen LogP contribution >= 0.6 is 15.9 Å². The van der Waals surface area contributed by atoms with Gasteiger partial charge in [-0.3, -0.25) is 4.79 Å². The highest BCUT2D eigenvalue weighted by molar-refractivity contribution is 9.10. The Morgan fingerprint density at radius 1 is 1.04 bits per heavy atom. The molecular formula is C20H17BrN2O. The van der Waals surface area contributed by atoms with Gasteiger partial charge in [-0.05, 0) is 49.6 Å². The summed E-state index contributed by atoms with van der Waals surface area (Å²) in [6.07, 6.45) is 2.04. The van der Waals surface area contributed by atoms with Crippen LogP contribution < -0.4 is 5.32 Å². The zero-order valence-electron chi connectivity index (χ0n) is 13.8. The maximum Gasteiger partial charge on any atom is 0.256 e. The van der Waals surface area contributed by atoms with E-state index in [0.29, 0.717) is 0 Å². The summed E-state index contributed by atoms with van der Waals surface area (Å²) in [6.45, 7) is 6.15. The molecule has 0 spiro atoms. The summed E-state index contributed by atoms with van der Waals surface area (Å²) in [6, 6.07) is 10.4. The Hall–Kier alpha value is -2.20. The minimum Gasteiger partial charge on any atom is -0.309 e. The summed E-state index contributed by atoms with van der Waals surface area (Å²) in [5.74, 6) is 0.643. The number of nitrogens with zero attached hydrogens (tertiary/aromatic N) is 1. The van der Waals surface area contributed by atoms with Gasteiger partial charge in [0.05, 0.1) is 11.6 Å². The minimum absolute atomic E-state index is 0.00502. The Morgan fingerprint density at radius 3 is 2.46 bits per heavy atom. The Balaban J connectivity index is 1.85. The van der Waals surface area contributed by atoms with Gasteiger partial charge in [0, 0.05) is 10.0 Å². The van der Waals surface area contributed by atoms with Crippen LogP contribution in [0.5, 0.6) is 0 Å². The lowest BCUT2D eigenvalue weighted by Gasteiger charge is -2.21. The van der Waals surface area contributed by atoms with Crippen LogP contribution in [0.4, 0.5) is 5.69 Å². The number of amidine groups is 1. The molecule has 0 bridgehead atoms. The van der Waals surface area contributed by atoms with Crippen LogP contribution in [0.15, 0.2) is 45.9 Å². The molecule has 2 heterocycles. The van der Waals surface area contributed by atoms with E-state index in [1.54, 1.807) is 0 Å². The Bertz CT molecular complexity index is 936. The van der Waals surface area contributed by atoms with E-state index in [1.807, 2.05) is 13.0 Å². The fraction of sp³-hybridized carbons (Fsp3) is 0.200. The van der Waals surface area contributed by atoms with Crippen molar-refractivity contribution in [1.82, 2.24) is 5.32 Å². The number of aryl methyl sites for hydroxylation is 3. The van der Waals surface area contributed by atoms with Gasteiger partial charge in [-0.15, -0.1) is 0 Å². The zero-order valence-corrected chi connectivity index (χ0v) is 15.4. The van der Waals surface area contributed by atoms with E-state index >= 15 is 0 Å². The van der Waals surface area contributed by atoms with Crippen molar-refractivity contribution < 1.29 is 4.79 Å². The van der Waals surface area contributed by atoms with E-state index < -0.39 is 0 Å². The first-order valence-corrected chi connectivity index (χ1v) is 8.72. The number of fused-ring (bicyclic) bond motifs is 3. The van der Waals surface area contributed by atoms with Gasteiger partial charge in [0.2, 0.25) is 0 Å². The predicted molar refractivity (Wildman–Crippen MR) is 101 cm³/mol. The number of halogens is 1. The summed E-state index contributed by atoms with van der Waals surface area (Å²) in [5, 5.41) is 2.98. The standard InChI is InChI=1S/C20H17BrN2O/c1-10-4-11(2)6-13(5-10)14-8-16-15-9-17(21)12(3)7-18(15)22-19(16)23-20(14)24/h4-9,16H,1-3H3,(H,22,23,24). The summed E-state index contributed by atoms with van der Waals surface area (Å²) in [7, 11) is 0. The van der Waals surface area contributed by atoms with Crippen molar-refractivity contribution in [3.8, 4) is 0 Å². The van der Waals surface area contributed by atoms with Gasteiger partial charge in [0.25, 0.3) is 5.91 Å². The quantitative estimate of drug-likeness (QED) is 0.764. The van der Waals surface area contributed by atoms with Crippen LogP contribution in [0, 0.1) is 20.8 Å². The summed E-state index contributed by atoms with van der Waals surface area (Å²) >= 11 is 3.60. The first-order valence-electron chi connectivity index (χ1n) is 7.93. The molecule has 3 nitrogen and oxygen atoms in total. The number of hydrogen-bond donors (Lipinski definition) is 1. The molecule has 1 unspecified atom stereocenters. The molecule has 2 aromatic carbocycles. The normalized spacial score (nSPS) is 18.5. The Labute approximate surface area is 149 Å². The minimum atomic E-state index is -0.0846. The topological polar surface area (TPSA) is 41.5 Å². The summed E-state index contributed by atoms with van der Waals surface area (Å²) < 4.78 is 1.07. The van der Waals surface area contributed by atoms with Crippen molar-refractivity contribution in [2.45, 2.75) is 26.7 Å². The molecule has 1 N–H and O–H groups in total. The van der Waals surface area contributed by atoms with Crippen LogP contribution in [-0.2, 0) is 4.79 Å². The average molecular weight is 381 g/mol. The molecule has 0 saturated carbocycles. The number of hydrogen-bond acceptors (Lipinski definition) is 2. The summed E-state index contributed by atoms with van der Waals surface area (Å²) in [4.78, 5) is 17.2. The molecule has 1 amide bonds. The predicted octanol–water partition coefficient (Wildman–Crippen LogP) is 4.71. The molecular weight excluding hydrogens is 364 g/mol. The smallest absolute Gasteiger partial charge is 0.256 e. The molecule has 0 fully saturated rings. The second kappa shape index (κ2) is 5.42. The fourth-order valence-electron chi connectivity index (χ4n) is 3.43. The second-order valence-electron chi connectivity index (χ2n) is 6.55. The van der Waals surface area contributed by atoms with Crippen molar-refractivity contribution in [2.75, 3.05) is 0 Å². The van der Waals surface area contributed by atoms with Crippen molar-refractivity contribution in [3.05, 3.63) is 68.7 Å². The van der Waals surface area contributed by atoms with Crippen LogP contribution in [0.25, 0.3) is 5.57 Å². The van der Waals surface area contributed by atoms with Crippen molar-refractivity contribution >= 4 is 38.9 Å². The molecule has 120 valence electrons. The lowest BCUT2D eigenvalue weighted by molar-refractivity contribution is -0.114. The third-order valence-electron chi connectivity index (χ3n) is 4.53. The lowest BCUT2D eigenvalue weighted by atomic mass is 9.89. The Morgan fingerprint density at radius 2 is 1.75 bits per heavy atom. The van der Waals surface area contributed by atoms with Gasteiger partial charge in [0.15, 0.2) is 0 Å². The van der Waals surface area contributed by atoms with Crippen LogP contribution in [0.2, 0.25) is 0 Å². The second-order valence-corrected chi connectivity index (χ2v) is 7.40. The Kier molecular flexibility index (Phi) is 3.46. The van der Waals surface area contributed by atoms with Crippen molar-refractivity contribution in [1.29, 1.82) is 0 Å². The molecule has 1 atom stereocenters. The van der Waals surface area contributed by atoms with E-state index in [-0.39, 0.29) is 11.8 Å². The number of carbonyl (C=O) groups excluding carboxylic acids is 1. The third kappa shape index (κ3) is 2.42. The van der Waals surface area contributed by atoms with Crippen molar-refractivity contribution in [2.24, 2.45) is 4.99 Å². The average Bonchev–Trinajstić information content (AvgIpc) is 2.82. The zero-order chi connectivity index (χ0) is 17.0. The highest BCUT2D eigenvalue weighted by atomic mass is 79.9. The number of aliphatic imine (C=N–C) groups is 1. The molecule has 4 heteroatoms. The van der Waals surface area contributed by atoms with Crippen molar-refractivity contribution in [3.63, 3.8) is 0 Å². The first kappa shape index (κ1) is 15.3. The van der Waals surface area contributed by atoms with E-state index in [9.17, 15) is 4.79 Å². The molecule has 4 rings (SSSR count). The molecule has 2 aliphatic rings. The summed E-state index contributed by atoms with van der Waals surface area (Å²) in [5.41, 5.74) is 7.20. The van der Waals surface area contributed by atoms with Gasteiger partial charge in [-0.25, -0.2) is 4.99 Å². The van der Waals surface area contributed by atoms with Crippen LogP contribution in [0.3, 0.4) is 0 Å². The lowest BCUT2D eigenvalue weighted by Crippen LogP contribution is -2.37. The number of amides is 1. The van der Waals surface area contributed by atoms with Gasteiger partial charge in [0.1, 0.15) is 5.84 Å². The molecule has 0 saturated heterocycles. The maximum atomic E-state index is 12.6. The molecule has 2 aliphatic heterocycles. The third-order valence-corrected chi connectivity index (χ3v) is 5.39. The monoisotopic (exact) mass is 380 g/mol. The SMILES string of the molecule is Cc1cc(C)cc(C2=CC3C(=Nc4cc(C)c(Br)cc43)NC2=O)c1. The van der Waals surface area contributed by atoms with Crippen LogP contribution in [0.1, 0.15) is 33.7 Å². The number of nitrogens with one attached hydrogen (secondary N) is 1. The van der Waals surface area contributed by atoms with Gasteiger partial charge in [-0.2, -0.15) is 0 Å². The van der Waals surface area contributed by atoms with E-state index in [0.717, 1.165) is 49.4 Å². The molecule has 0 radical (unpaired) electrons. The molecule has 24 heavy (non-hydrogen) atoms. The largest absolute Gasteiger partial charge is 0.309 e. The maximum absolute atomic E-state index is 12.6. The number of rotatable bonds is 1. The molecule has 2 aromatic rings. The van der Waals surface area contributed by atoms with E-state index in [4.69, 9.17) is 0 Å². The fourth-order valence-corrected chi connectivity index (χ4v) is 3.79. The van der Waals surface area contributed by atoms with Crippen LogP contribution in [-0.4, -0.2) is 11.7 Å². The number of carbonyl (C=O) groups is 1. The highest BCUT2D eigenvalue weighted by Gasteiger charge is 2.33. The number of benzene rings is 2. The van der Waals surface area contributed by atoms with E-state index in [2.05, 4.69) is 70.4 Å². The van der Waals surface area contributed by atoms with E-state index in [1.165, 1.54) is 0 Å². The first-order chi connectivity index (χ1) is 11.4. The van der Waals surface area contributed by atoms with Gasteiger partial charge < -0.3 is 5.32 Å². The molecule has 0 aromatic heterocycles. The van der Waals surface area contributed by atoms with Gasteiger partial charge in [-0.1, -0.05) is 51.3 Å². The molecule has 0 aliphatic carbocycles.